The van der Waals surface area contributed by atoms with E-state index in [0.29, 0.717) is 5.82 Å². The first-order valence-electron chi connectivity index (χ1n) is 3.13. The van der Waals surface area contributed by atoms with Crippen molar-refractivity contribution in [3.05, 3.63) is 12.4 Å². The van der Waals surface area contributed by atoms with Crippen molar-refractivity contribution in [1.82, 2.24) is 14.9 Å². The van der Waals surface area contributed by atoms with Gasteiger partial charge in [-0.1, -0.05) is 19.1 Å². The molecule has 9 heavy (non-hydrogen) atoms. The molecular formula is C5H10BN3. The Morgan fingerprint density at radius 1 is 1.56 bits per heavy atom. The second-order valence-electron chi connectivity index (χ2n) is 2.52. The van der Waals surface area contributed by atoms with Gasteiger partial charge in [0.25, 0.3) is 7.41 Å². The highest BCUT2D eigenvalue weighted by Crippen LogP contribution is 1.96. The van der Waals surface area contributed by atoms with Gasteiger partial charge in [0.15, 0.2) is 0 Å². The van der Waals surface area contributed by atoms with Crippen molar-refractivity contribution >= 4 is 7.41 Å². The van der Waals surface area contributed by atoms with Gasteiger partial charge in [0.1, 0.15) is 0 Å². The summed E-state index contributed by atoms with van der Waals surface area (Å²) in [5.74, 6) is 0.645. The van der Waals surface area contributed by atoms with Gasteiger partial charge in [-0.15, -0.1) is 5.10 Å². The van der Waals surface area contributed by atoms with Crippen LogP contribution < -0.4 is 0 Å². The molecule has 0 radical (unpaired) electrons. The summed E-state index contributed by atoms with van der Waals surface area (Å²) < 4.78 is 1.84. The molecule has 0 atom stereocenters. The van der Waals surface area contributed by atoms with Gasteiger partial charge in [0, 0.05) is 6.20 Å². The van der Waals surface area contributed by atoms with Gasteiger partial charge in [-0.25, -0.2) is 0 Å². The fourth-order valence-corrected chi connectivity index (χ4v) is 0.704. The minimum absolute atomic E-state index is 0.645. The molecular weight excluding hydrogens is 113 g/mol. The first-order valence-corrected chi connectivity index (χ1v) is 3.13. The van der Waals surface area contributed by atoms with Crippen LogP contribution in [0.5, 0.6) is 0 Å². The standard InChI is InChI=1S/C5H10BN3/c1-5(2)6-9-4-3-7-8-9/h3-6H,1-2H3. The maximum Gasteiger partial charge on any atom is 0.271 e. The predicted molar refractivity (Wildman–Crippen MR) is 37.7 cm³/mol. The van der Waals surface area contributed by atoms with E-state index in [4.69, 9.17) is 0 Å². The molecule has 0 aliphatic carbocycles. The SMILES string of the molecule is CC(C)Bn1ccnn1. The zero-order chi connectivity index (χ0) is 6.69. The van der Waals surface area contributed by atoms with E-state index < -0.39 is 0 Å². The molecule has 1 aromatic heterocycles. The summed E-state index contributed by atoms with van der Waals surface area (Å²) in [5.41, 5.74) is 0. The van der Waals surface area contributed by atoms with E-state index >= 15 is 0 Å². The highest BCUT2D eigenvalue weighted by Gasteiger charge is 1.98. The van der Waals surface area contributed by atoms with E-state index in [0.717, 1.165) is 7.41 Å². The Kier molecular flexibility index (Phi) is 1.87. The summed E-state index contributed by atoms with van der Waals surface area (Å²) in [4.78, 5) is 0. The van der Waals surface area contributed by atoms with Crippen molar-refractivity contribution in [3.8, 4) is 0 Å². The quantitative estimate of drug-likeness (QED) is 0.529. The zero-order valence-electron chi connectivity index (χ0n) is 5.78. The minimum Gasteiger partial charge on any atom is -0.302 e. The van der Waals surface area contributed by atoms with Crippen LogP contribution in [-0.2, 0) is 0 Å². The number of hydrogen-bond acceptors (Lipinski definition) is 2. The third-order valence-corrected chi connectivity index (χ3v) is 1.02. The molecule has 0 amide bonds. The molecule has 0 saturated carbocycles. The molecule has 0 fully saturated rings. The number of aromatic nitrogens is 3. The van der Waals surface area contributed by atoms with Gasteiger partial charge in [-0.2, -0.15) is 0 Å². The molecule has 0 aromatic carbocycles. The molecule has 0 bridgehead atoms. The van der Waals surface area contributed by atoms with E-state index in [-0.39, 0.29) is 0 Å². The van der Waals surface area contributed by atoms with Gasteiger partial charge in [0.2, 0.25) is 0 Å². The molecule has 0 N–H and O–H groups in total. The van der Waals surface area contributed by atoms with Crippen molar-refractivity contribution in [2.75, 3.05) is 0 Å². The molecule has 3 nitrogen and oxygen atoms in total. The third kappa shape index (κ3) is 1.87. The maximum absolute atomic E-state index is 3.82. The van der Waals surface area contributed by atoms with E-state index in [2.05, 4.69) is 24.2 Å². The van der Waals surface area contributed by atoms with Crippen molar-refractivity contribution in [2.45, 2.75) is 19.7 Å². The fourth-order valence-electron chi connectivity index (χ4n) is 0.704. The molecule has 4 heteroatoms. The Labute approximate surface area is 55.3 Å². The van der Waals surface area contributed by atoms with Crippen molar-refractivity contribution in [2.24, 2.45) is 0 Å². The lowest BCUT2D eigenvalue weighted by Gasteiger charge is -1.98. The molecule has 1 aromatic rings. The van der Waals surface area contributed by atoms with Crippen LogP contribution in [0.3, 0.4) is 0 Å². The first-order chi connectivity index (χ1) is 4.29. The van der Waals surface area contributed by atoms with Crippen LogP contribution in [0, 0.1) is 0 Å². The van der Waals surface area contributed by atoms with E-state index in [1.54, 1.807) is 6.20 Å². The summed E-state index contributed by atoms with van der Waals surface area (Å²) in [7, 11) is 0.958. The third-order valence-electron chi connectivity index (χ3n) is 1.02. The average Bonchev–Trinajstić information content (AvgIpc) is 2.15. The van der Waals surface area contributed by atoms with Gasteiger partial charge >= 0.3 is 0 Å². The molecule has 0 spiro atoms. The second-order valence-corrected chi connectivity index (χ2v) is 2.52. The lowest BCUT2D eigenvalue weighted by molar-refractivity contribution is 0.844. The molecule has 0 unspecified atom stereocenters. The Hall–Kier alpha value is -0.795. The largest absolute Gasteiger partial charge is 0.302 e. The molecule has 48 valence electrons. The monoisotopic (exact) mass is 123 g/mol. The highest BCUT2D eigenvalue weighted by molar-refractivity contribution is 6.34. The van der Waals surface area contributed by atoms with Crippen LogP contribution in [0.15, 0.2) is 12.4 Å². The van der Waals surface area contributed by atoms with Crippen LogP contribution in [0.4, 0.5) is 0 Å². The Bertz CT molecular complexity index is 159. The molecule has 0 aliphatic heterocycles. The number of hydrogen-bond donors (Lipinski definition) is 0. The summed E-state index contributed by atoms with van der Waals surface area (Å²) in [5, 5.41) is 7.51. The fraction of sp³-hybridized carbons (Fsp3) is 0.600. The van der Waals surface area contributed by atoms with E-state index in [1.165, 1.54) is 0 Å². The summed E-state index contributed by atoms with van der Waals surface area (Å²) >= 11 is 0. The van der Waals surface area contributed by atoms with Crippen molar-refractivity contribution < 1.29 is 0 Å². The summed E-state index contributed by atoms with van der Waals surface area (Å²) in [6.07, 6.45) is 3.57. The maximum atomic E-state index is 3.82. The predicted octanol–water partition coefficient (Wildman–Crippen LogP) is 0.306. The van der Waals surface area contributed by atoms with Crippen molar-refractivity contribution in [1.29, 1.82) is 0 Å². The van der Waals surface area contributed by atoms with Gasteiger partial charge in [-0.05, 0) is 5.82 Å². The lowest BCUT2D eigenvalue weighted by atomic mass is 9.79. The van der Waals surface area contributed by atoms with Gasteiger partial charge in [-0.3, -0.25) is 0 Å². The van der Waals surface area contributed by atoms with Crippen LogP contribution in [0.25, 0.3) is 0 Å². The molecule has 0 saturated heterocycles. The van der Waals surface area contributed by atoms with Crippen LogP contribution in [0.2, 0.25) is 5.82 Å². The molecule has 1 heterocycles. The number of nitrogens with zero attached hydrogens (tertiary/aromatic N) is 3. The van der Waals surface area contributed by atoms with Gasteiger partial charge in [0.05, 0.1) is 6.20 Å². The zero-order valence-corrected chi connectivity index (χ0v) is 5.78. The highest BCUT2D eigenvalue weighted by atomic mass is 15.4. The van der Waals surface area contributed by atoms with Crippen molar-refractivity contribution in [3.63, 3.8) is 0 Å². The Morgan fingerprint density at radius 3 is 2.78 bits per heavy atom. The Balaban J connectivity index is 2.48. The van der Waals surface area contributed by atoms with Crippen LogP contribution >= 0.6 is 0 Å². The topological polar surface area (TPSA) is 30.7 Å². The molecule has 1 rings (SSSR count). The number of rotatable bonds is 2. The summed E-state index contributed by atoms with van der Waals surface area (Å²) in [6, 6.07) is 0. The molecule has 0 aliphatic rings. The van der Waals surface area contributed by atoms with E-state index in [1.807, 2.05) is 10.8 Å². The Morgan fingerprint density at radius 2 is 2.33 bits per heavy atom. The van der Waals surface area contributed by atoms with Crippen LogP contribution in [-0.4, -0.2) is 22.3 Å². The average molecular weight is 123 g/mol. The van der Waals surface area contributed by atoms with Gasteiger partial charge < -0.3 is 4.59 Å². The second kappa shape index (κ2) is 2.66. The van der Waals surface area contributed by atoms with Crippen LogP contribution in [0.1, 0.15) is 13.8 Å². The first kappa shape index (κ1) is 6.33. The van der Waals surface area contributed by atoms with E-state index in [9.17, 15) is 0 Å². The minimum atomic E-state index is 0.645. The summed E-state index contributed by atoms with van der Waals surface area (Å²) in [6.45, 7) is 4.31. The smallest absolute Gasteiger partial charge is 0.271 e. The lowest BCUT2D eigenvalue weighted by Crippen LogP contribution is -2.09. The normalized spacial score (nSPS) is 10.1.